The van der Waals surface area contributed by atoms with Crippen molar-refractivity contribution in [1.29, 1.82) is 0 Å². The first kappa shape index (κ1) is 16.2. The Hall–Kier alpha value is -2.67. The molecule has 2 heterocycles. The van der Waals surface area contributed by atoms with E-state index < -0.39 is 11.7 Å². The van der Waals surface area contributed by atoms with Crippen molar-refractivity contribution < 1.29 is 14.3 Å². The number of hydrogen-bond donors (Lipinski definition) is 1. The van der Waals surface area contributed by atoms with Gasteiger partial charge in [-0.3, -0.25) is 0 Å². The molecular formula is C17H19N3O4. The molecule has 2 aromatic heterocycles. The molecule has 7 nitrogen and oxygen atoms in total. The van der Waals surface area contributed by atoms with Crippen molar-refractivity contribution in [3.63, 3.8) is 0 Å². The first-order chi connectivity index (χ1) is 11.4. The second-order valence-corrected chi connectivity index (χ2v) is 5.76. The Bertz CT molecular complexity index is 929. The van der Waals surface area contributed by atoms with Crippen molar-refractivity contribution in [2.45, 2.75) is 33.4 Å². The Morgan fingerprint density at radius 3 is 2.79 bits per heavy atom. The van der Waals surface area contributed by atoms with E-state index in [1.165, 1.54) is 6.07 Å². The Morgan fingerprint density at radius 2 is 2.08 bits per heavy atom. The summed E-state index contributed by atoms with van der Waals surface area (Å²) in [5.74, 6) is 1.94. The standard InChI is InChI=1S/C17H19N3O4/c1-10-6-17(22)24-16-7-14(4-5-15(10)16)23-9-13(21)8-20-12(3)18-11(2)19-20/h4-7,13,21H,8-9H2,1-3H3. The first-order valence-electron chi connectivity index (χ1n) is 7.66. The molecule has 0 aliphatic heterocycles. The molecule has 1 aromatic carbocycles. The molecular weight excluding hydrogens is 310 g/mol. The lowest BCUT2D eigenvalue weighted by Crippen LogP contribution is -2.24. The minimum atomic E-state index is -0.731. The number of aromatic nitrogens is 3. The number of hydrogen-bond acceptors (Lipinski definition) is 6. The van der Waals surface area contributed by atoms with Gasteiger partial charge in [-0.1, -0.05) is 0 Å². The summed E-state index contributed by atoms with van der Waals surface area (Å²) in [7, 11) is 0. The van der Waals surface area contributed by atoms with Gasteiger partial charge in [-0.05, 0) is 38.5 Å². The topological polar surface area (TPSA) is 90.4 Å². The zero-order valence-corrected chi connectivity index (χ0v) is 13.8. The fourth-order valence-electron chi connectivity index (χ4n) is 2.57. The number of benzene rings is 1. The van der Waals surface area contributed by atoms with Crippen LogP contribution >= 0.6 is 0 Å². The van der Waals surface area contributed by atoms with Gasteiger partial charge in [-0.15, -0.1) is 0 Å². The highest BCUT2D eigenvalue weighted by Gasteiger charge is 2.11. The summed E-state index contributed by atoms with van der Waals surface area (Å²) < 4.78 is 12.4. The quantitative estimate of drug-likeness (QED) is 0.717. The van der Waals surface area contributed by atoms with Crippen LogP contribution in [-0.2, 0) is 6.54 Å². The van der Waals surface area contributed by atoms with E-state index in [0.29, 0.717) is 23.7 Å². The molecule has 0 radical (unpaired) electrons. The summed E-state index contributed by atoms with van der Waals surface area (Å²) in [6, 6.07) is 6.73. The summed E-state index contributed by atoms with van der Waals surface area (Å²) in [4.78, 5) is 15.6. The molecule has 1 N–H and O–H groups in total. The normalized spacial score (nSPS) is 12.5. The van der Waals surface area contributed by atoms with Crippen LogP contribution in [0.3, 0.4) is 0 Å². The molecule has 1 unspecified atom stereocenters. The summed E-state index contributed by atoms with van der Waals surface area (Å²) in [5.41, 5.74) is 0.925. The summed E-state index contributed by atoms with van der Waals surface area (Å²) in [6.07, 6.45) is -0.731. The highest BCUT2D eigenvalue weighted by Crippen LogP contribution is 2.22. The molecule has 0 bridgehead atoms. The number of aryl methyl sites for hydroxylation is 3. The maximum absolute atomic E-state index is 11.5. The maximum Gasteiger partial charge on any atom is 0.336 e. The lowest BCUT2D eigenvalue weighted by Gasteiger charge is -2.13. The Balaban J connectivity index is 1.69. The number of ether oxygens (including phenoxy) is 1. The zero-order valence-electron chi connectivity index (χ0n) is 13.8. The molecule has 3 aromatic rings. The Kier molecular flexibility index (Phi) is 4.35. The van der Waals surface area contributed by atoms with E-state index in [1.807, 2.05) is 19.9 Å². The summed E-state index contributed by atoms with van der Waals surface area (Å²) in [6.45, 7) is 5.89. The fraction of sp³-hybridized carbons (Fsp3) is 0.353. The van der Waals surface area contributed by atoms with Crippen LogP contribution in [0.4, 0.5) is 0 Å². The average Bonchev–Trinajstić information content (AvgIpc) is 2.82. The van der Waals surface area contributed by atoms with Crippen molar-refractivity contribution in [3.8, 4) is 5.75 Å². The number of nitrogens with zero attached hydrogens (tertiary/aromatic N) is 3. The molecule has 24 heavy (non-hydrogen) atoms. The minimum absolute atomic E-state index is 0.0971. The van der Waals surface area contributed by atoms with Crippen LogP contribution in [0, 0.1) is 20.8 Å². The number of aliphatic hydroxyl groups excluding tert-OH is 1. The number of fused-ring (bicyclic) bond motifs is 1. The van der Waals surface area contributed by atoms with Gasteiger partial charge in [0.15, 0.2) is 0 Å². The Labute approximate surface area is 138 Å². The van der Waals surface area contributed by atoms with Gasteiger partial charge in [0.1, 0.15) is 35.7 Å². The second-order valence-electron chi connectivity index (χ2n) is 5.76. The van der Waals surface area contributed by atoms with Crippen LogP contribution in [0.1, 0.15) is 17.2 Å². The number of aliphatic hydroxyl groups is 1. The van der Waals surface area contributed by atoms with E-state index in [0.717, 1.165) is 16.8 Å². The monoisotopic (exact) mass is 329 g/mol. The largest absolute Gasteiger partial charge is 0.491 e. The molecule has 7 heteroatoms. The third kappa shape index (κ3) is 3.46. The van der Waals surface area contributed by atoms with E-state index >= 15 is 0 Å². The molecule has 0 aliphatic rings. The molecule has 1 atom stereocenters. The van der Waals surface area contributed by atoms with Gasteiger partial charge in [-0.25, -0.2) is 14.5 Å². The van der Waals surface area contributed by atoms with Gasteiger partial charge >= 0.3 is 5.63 Å². The molecule has 3 rings (SSSR count). The molecule has 0 fully saturated rings. The van der Waals surface area contributed by atoms with E-state index in [2.05, 4.69) is 10.1 Å². The maximum atomic E-state index is 11.5. The predicted octanol–water partition coefficient (Wildman–Crippen LogP) is 1.75. The van der Waals surface area contributed by atoms with Crippen LogP contribution in [-0.4, -0.2) is 32.6 Å². The average molecular weight is 329 g/mol. The van der Waals surface area contributed by atoms with Crippen LogP contribution in [0.5, 0.6) is 5.75 Å². The molecule has 0 spiro atoms. The highest BCUT2D eigenvalue weighted by atomic mass is 16.5. The smallest absolute Gasteiger partial charge is 0.336 e. The van der Waals surface area contributed by atoms with Crippen LogP contribution < -0.4 is 10.4 Å². The zero-order chi connectivity index (χ0) is 17.3. The van der Waals surface area contributed by atoms with Gasteiger partial charge in [0, 0.05) is 17.5 Å². The Morgan fingerprint density at radius 1 is 1.29 bits per heavy atom. The van der Waals surface area contributed by atoms with Crippen molar-refractivity contribution in [1.82, 2.24) is 14.8 Å². The summed E-state index contributed by atoms with van der Waals surface area (Å²) >= 11 is 0. The third-order valence-corrected chi connectivity index (χ3v) is 3.71. The lowest BCUT2D eigenvalue weighted by atomic mass is 10.1. The van der Waals surface area contributed by atoms with Crippen molar-refractivity contribution in [3.05, 3.63) is 51.9 Å². The lowest BCUT2D eigenvalue weighted by molar-refractivity contribution is 0.0886. The SMILES string of the molecule is Cc1nc(C)n(CC(O)COc2ccc3c(C)cc(=O)oc3c2)n1. The summed E-state index contributed by atoms with van der Waals surface area (Å²) in [5, 5.41) is 15.2. The van der Waals surface area contributed by atoms with E-state index in [-0.39, 0.29) is 6.61 Å². The van der Waals surface area contributed by atoms with Crippen molar-refractivity contribution in [2.75, 3.05) is 6.61 Å². The second kappa shape index (κ2) is 6.45. The van der Waals surface area contributed by atoms with Gasteiger partial charge < -0.3 is 14.3 Å². The van der Waals surface area contributed by atoms with Crippen LogP contribution in [0.15, 0.2) is 33.5 Å². The van der Waals surface area contributed by atoms with E-state index in [9.17, 15) is 9.90 Å². The van der Waals surface area contributed by atoms with Gasteiger partial charge in [0.25, 0.3) is 0 Å². The van der Waals surface area contributed by atoms with Gasteiger partial charge in [0.2, 0.25) is 0 Å². The third-order valence-electron chi connectivity index (χ3n) is 3.71. The fourth-order valence-corrected chi connectivity index (χ4v) is 2.57. The number of rotatable bonds is 5. The van der Waals surface area contributed by atoms with Crippen molar-refractivity contribution >= 4 is 11.0 Å². The molecule has 0 aliphatic carbocycles. The molecule has 0 saturated carbocycles. The molecule has 126 valence electrons. The van der Waals surface area contributed by atoms with Gasteiger partial charge in [0.05, 0.1) is 6.54 Å². The van der Waals surface area contributed by atoms with Gasteiger partial charge in [-0.2, -0.15) is 5.10 Å². The highest BCUT2D eigenvalue weighted by molar-refractivity contribution is 5.81. The minimum Gasteiger partial charge on any atom is -0.491 e. The van der Waals surface area contributed by atoms with Crippen LogP contribution in [0.25, 0.3) is 11.0 Å². The van der Waals surface area contributed by atoms with E-state index in [1.54, 1.807) is 23.7 Å². The predicted molar refractivity (Wildman–Crippen MR) is 88.2 cm³/mol. The molecule has 0 amide bonds. The van der Waals surface area contributed by atoms with Crippen molar-refractivity contribution in [2.24, 2.45) is 0 Å². The first-order valence-corrected chi connectivity index (χ1v) is 7.66. The van der Waals surface area contributed by atoms with E-state index in [4.69, 9.17) is 9.15 Å². The van der Waals surface area contributed by atoms with Crippen LogP contribution in [0.2, 0.25) is 0 Å². The molecule has 0 saturated heterocycles.